The van der Waals surface area contributed by atoms with E-state index >= 15 is 0 Å². The summed E-state index contributed by atoms with van der Waals surface area (Å²) in [7, 11) is 0. The first-order chi connectivity index (χ1) is 15.7. The fourth-order valence-corrected chi connectivity index (χ4v) is 3.67. The van der Waals surface area contributed by atoms with Gasteiger partial charge in [-0.2, -0.15) is 4.98 Å². The van der Waals surface area contributed by atoms with Gasteiger partial charge in [-0.3, -0.25) is 4.99 Å². The highest BCUT2D eigenvalue weighted by Crippen LogP contribution is 2.31. The minimum Gasteiger partial charge on any atom is -0.507 e. The van der Waals surface area contributed by atoms with Crippen LogP contribution in [0.25, 0.3) is 22.7 Å². The van der Waals surface area contributed by atoms with Gasteiger partial charge in [0.15, 0.2) is 11.2 Å². The predicted molar refractivity (Wildman–Crippen MR) is 127 cm³/mol. The van der Waals surface area contributed by atoms with Crippen molar-refractivity contribution in [1.82, 2.24) is 9.97 Å². The fraction of sp³-hybridized carbons (Fsp3) is 0.0741. The van der Waals surface area contributed by atoms with Crippen molar-refractivity contribution in [1.29, 1.82) is 0 Å². The number of aliphatic imine (C=N–C) groups is 1. The first kappa shape index (κ1) is 19.7. The lowest BCUT2D eigenvalue weighted by Crippen LogP contribution is -1.91. The van der Waals surface area contributed by atoms with Crippen LogP contribution < -0.4 is 0 Å². The molecule has 0 unspecified atom stereocenters. The Bertz CT molecular complexity index is 1390. The second-order valence-corrected chi connectivity index (χ2v) is 7.61. The summed E-state index contributed by atoms with van der Waals surface area (Å²) in [6.45, 7) is 1.98. The molecular weight excluding hydrogens is 398 g/mol. The number of benzene rings is 3. The molecule has 32 heavy (non-hydrogen) atoms. The molecule has 5 heteroatoms. The molecule has 1 N–H and O–H groups in total. The van der Waals surface area contributed by atoms with Gasteiger partial charge in [0.05, 0.1) is 5.69 Å². The largest absolute Gasteiger partial charge is 0.507 e. The van der Waals surface area contributed by atoms with Crippen LogP contribution in [-0.4, -0.2) is 21.3 Å². The van der Waals surface area contributed by atoms with Crippen molar-refractivity contribution in [2.75, 3.05) is 0 Å². The van der Waals surface area contributed by atoms with Crippen LogP contribution in [-0.2, 0) is 6.42 Å². The zero-order chi connectivity index (χ0) is 21.9. The highest BCUT2D eigenvalue weighted by atomic mass is 16.3. The quantitative estimate of drug-likeness (QED) is 0.342. The molecule has 2 heterocycles. The van der Waals surface area contributed by atoms with Gasteiger partial charge in [0.1, 0.15) is 5.75 Å². The summed E-state index contributed by atoms with van der Waals surface area (Å²) >= 11 is 0. The molecule has 2 aromatic heterocycles. The number of phenols is 1. The zero-order valence-corrected chi connectivity index (χ0v) is 17.6. The molecule has 0 aliphatic heterocycles. The lowest BCUT2D eigenvalue weighted by atomic mass is 10.0. The molecule has 0 saturated carbocycles. The Labute approximate surface area is 185 Å². The predicted octanol–water partition coefficient (Wildman–Crippen LogP) is 6.25. The number of aromatic hydroxyl groups is 1. The van der Waals surface area contributed by atoms with Crippen molar-refractivity contribution in [3.63, 3.8) is 0 Å². The zero-order valence-electron chi connectivity index (χ0n) is 17.6. The van der Waals surface area contributed by atoms with Crippen LogP contribution in [0.4, 0.5) is 5.69 Å². The van der Waals surface area contributed by atoms with Gasteiger partial charge in [0.2, 0.25) is 5.89 Å². The number of hydrogen-bond donors (Lipinski definition) is 1. The molecule has 156 valence electrons. The second-order valence-electron chi connectivity index (χ2n) is 7.61. The molecule has 5 nitrogen and oxygen atoms in total. The maximum absolute atomic E-state index is 10.3. The molecule has 0 amide bonds. The number of oxazole rings is 1. The molecule has 5 aromatic rings. The molecule has 0 saturated heterocycles. The number of hydrogen-bond acceptors (Lipinski definition) is 5. The second kappa shape index (κ2) is 8.47. The lowest BCUT2D eigenvalue weighted by molar-refractivity contribution is 0.474. The van der Waals surface area contributed by atoms with Gasteiger partial charge in [0, 0.05) is 23.5 Å². The SMILES string of the molecule is Cc1c(N=Cc2cc(Cc3ccccc3)ccc2O)cccc1-c1nc2ncccc2o1. The Morgan fingerprint density at radius 2 is 1.81 bits per heavy atom. The van der Waals surface area contributed by atoms with E-state index in [9.17, 15) is 5.11 Å². The topological polar surface area (TPSA) is 71.5 Å². The van der Waals surface area contributed by atoms with E-state index in [2.05, 4.69) is 27.1 Å². The summed E-state index contributed by atoms with van der Waals surface area (Å²) in [6.07, 6.45) is 4.19. The number of fused-ring (bicyclic) bond motifs is 1. The Kier molecular flexibility index (Phi) is 5.22. The van der Waals surface area contributed by atoms with Crippen molar-refractivity contribution < 1.29 is 9.52 Å². The third kappa shape index (κ3) is 4.01. The first-order valence-corrected chi connectivity index (χ1v) is 10.4. The number of pyridine rings is 1. The maximum atomic E-state index is 10.3. The molecule has 3 aromatic carbocycles. The molecule has 0 radical (unpaired) electrons. The summed E-state index contributed by atoms with van der Waals surface area (Å²) in [6, 6.07) is 25.4. The van der Waals surface area contributed by atoms with Crippen molar-refractivity contribution in [2.24, 2.45) is 4.99 Å². The maximum Gasteiger partial charge on any atom is 0.229 e. The summed E-state index contributed by atoms with van der Waals surface area (Å²) in [5, 5.41) is 10.3. The molecule has 0 atom stereocenters. The van der Waals surface area contributed by atoms with Gasteiger partial charge in [-0.25, -0.2) is 4.98 Å². The Morgan fingerprint density at radius 1 is 0.938 bits per heavy atom. The minimum absolute atomic E-state index is 0.199. The van der Waals surface area contributed by atoms with Crippen molar-refractivity contribution >= 4 is 23.1 Å². The Balaban J connectivity index is 1.44. The molecule has 0 aliphatic carbocycles. The summed E-state index contributed by atoms with van der Waals surface area (Å²) in [5.41, 5.74) is 6.82. The highest BCUT2D eigenvalue weighted by Gasteiger charge is 2.13. The molecule has 5 rings (SSSR count). The summed E-state index contributed by atoms with van der Waals surface area (Å²) in [4.78, 5) is 13.4. The van der Waals surface area contributed by atoms with Gasteiger partial charge >= 0.3 is 0 Å². The van der Waals surface area contributed by atoms with E-state index in [1.807, 2.05) is 67.6 Å². The van der Waals surface area contributed by atoms with Gasteiger partial charge in [-0.05, 0) is 66.4 Å². The van der Waals surface area contributed by atoms with Gasteiger partial charge in [0.25, 0.3) is 0 Å². The van der Waals surface area contributed by atoms with E-state index < -0.39 is 0 Å². The summed E-state index contributed by atoms with van der Waals surface area (Å²) in [5.74, 6) is 0.713. The normalized spacial score (nSPS) is 11.4. The third-order valence-corrected chi connectivity index (χ3v) is 5.39. The van der Waals surface area contributed by atoms with Crippen LogP contribution in [0.3, 0.4) is 0 Å². The molecule has 0 aliphatic rings. The Morgan fingerprint density at radius 3 is 2.66 bits per heavy atom. The van der Waals surface area contributed by atoms with Crippen molar-refractivity contribution in [2.45, 2.75) is 13.3 Å². The standard InChI is InChI=1S/C27H21N3O2/c1-18-22(27-30-26-25(32-27)11-6-14-28-26)9-5-10-23(18)29-17-21-16-20(12-13-24(21)31)15-19-7-3-2-4-8-19/h2-14,16-17,31H,15H2,1H3. The highest BCUT2D eigenvalue weighted by molar-refractivity contribution is 5.86. The van der Waals surface area contributed by atoms with E-state index in [1.165, 1.54) is 5.56 Å². The molecule has 0 fully saturated rings. The van der Waals surface area contributed by atoms with Gasteiger partial charge in [-0.15, -0.1) is 0 Å². The average Bonchev–Trinajstić information content (AvgIpc) is 3.25. The van der Waals surface area contributed by atoms with E-state index in [0.717, 1.165) is 28.8 Å². The monoisotopic (exact) mass is 419 g/mol. The number of aromatic nitrogens is 2. The van der Waals surface area contributed by atoms with Crippen LogP contribution in [0.5, 0.6) is 5.75 Å². The van der Waals surface area contributed by atoms with Gasteiger partial charge in [-0.1, -0.05) is 42.5 Å². The van der Waals surface area contributed by atoms with E-state index in [4.69, 9.17) is 4.42 Å². The average molecular weight is 419 g/mol. The fourth-order valence-electron chi connectivity index (χ4n) is 3.67. The van der Waals surface area contributed by atoms with Crippen LogP contribution in [0.15, 0.2) is 94.5 Å². The number of rotatable bonds is 5. The third-order valence-electron chi connectivity index (χ3n) is 5.39. The van der Waals surface area contributed by atoms with Crippen LogP contribution in [0, 0.1) is 6.92 Å². The van der Waals surface area contributed by atoms with Crippen molar-refractivity contribution in [3.05, 3.63) is 107 Å². The van der Waals surface area contributed by atoms with Crippen LogP contribution in [0.2, 0.25) is 0 Å². The Hall–Kier alpha value is -4.25. The minimum atomic E-state index is 0.199. The van der Waals surface area contributed by atoms with E-state index in [1.54, 1.807) is 18.5 Å². The first-order valence-electron chi connectivity index (χ1n) is 10.4. The van der Waals surface area contributed by atoms with E-state index in [0.29, 0.717) is 22.7 Å². The van der Waals surface area contributed by atoms with Crippen LogP contribution >= 0.6 is 0 Å². The van der Waals surface area contributed by atoms with Gasteiger partial charge < -0.3 is 9.52 Å². The molecule has 0 spiro atoms. The molecular formula is C27H21N3O2. The lowest BCUT2D eigenvalue weighted by Gasteiger charge is -2.07. The molecule has 0 bridgehead atoms. The van der Waals surface area contributed by atoms with Crippen LogP contribution in [0.1, 0.15) is 22.3 Å². The smallest absolute Gasteiger partial charge is 0.229 e. The van der Waals surface area contributed by atoms with Crippen molar-refractivity contribution in [3.8, 4) is 17.2 Å². The number of nitrogens with zero attached hydrogens (tertiary/aromatic N) is 3. The summed E-state index contributed by atoms with van der Waals surface area (Å²) < 4.78 is 5.88. The van der Waals surface area contributed by atoms with E-state index in [-0.39, 0.29) is 5.75 Å². The number of phenolic OH excluding ortho intramolecular Hbond substituents is 1.